The highest BCUT2D eigenvalue weighted by Gasteiger charge is 2.51. The summed E-state index contributed by atoms with van der Waals surface area (Å²) in [6.45, 7) is 0. The van der Waals surface area contributed by atoms with Crippen molar-refractivity contribution in [3.63, 3.8) is 0 Å². The predicted molar refractivity (Wildman–Crippen MR) is 122 cm³/mol. The van der Waals surface area contributed by atoms with Crippen LogP contribution in [0.3, 0.4) is 0 Å². The quantitative estimate of drug-likeness (QED) is 0.616. The molecule has 5 fully saturated rings. The van der Waals surface area contributed by atoms with Gasteiger partial charge in [-0.2, -0.15) is 0 Å². The van der Waals surface area contributed by atoms with Crippen molar-refractivity contribution in [2.45, 2.75) is 75.0 Å². The minimum atomic E-state index is -0.361. The van der Waals surface area contributed by atoms with Crippen molar-refractivity contribution in [1.29, 1.82) is 0 Å². The average Bonchev–Trinajstić information content (AvgIpc) is 3.25. The monoisotopic (exact) mass is 399 g/mol. The van der Waals surface area contributed by atoms with E-state index in [0.29, 0.717) is 5.41 Å². The Morgan fingerprint density at radius 3 is 1.87 bits per heavy atom. The standard InChI is InChI=1S/C28H33NO/c30-26(28(12-4-5-13-28)24-6-2-1-3-7-24)29-25-10-8-23(9-11-25)27-17-20-14-21(18-27)16-22(15-20)19-27/h1-3,6-11,20-22H,4-5,12-19H2,(H,29,30). The van der Waals surface area contributed by atoms with E-state index in [1.807, 2.05) is 6.07 Å². The number of benzene rings is 2. The number of rotatable bonds is 4. The van der Waals surface area contributed by atoms with Gasteiger partial charge in [-0.1, -0.05) is 55.3 Å². The molecule has 2 nitrogen and oxygen atoms in total. The molecule has 0 aromatic heterocycles. The van der Waals surface area contributed by atoms with Crippen molar-refractivity contribution in [2.24, 2.45) is 17.8 Å². The lowest BCUT2D eigenvalue weighted by Gasteiger charge is -2.57. The van der Waals surface area contributed by atoms with E-state index in [4.69, 9.17) is 0 Å². The maximum atomic E-state index is 13.4. The van der Waals surface area contributed by atoms with Crippen LogP contribution in [-0.2, 0) is 15.6 Å². The van der Waals surface area contributed by atoms with Crippen LogP contribution in [0, 0.1) is 17.8 Å². The van der Waals surface area contributed by atoms with Crippen LogP contribution in [0.25, 0.3) is 0 Å². The van der Waals surface area contributed by atoms with E-state index in [0.717, 1.165) is 49.1 Å². The molecule has 0 saturated heterocycles. The molecule has 5 aliphatic rings. The van der Waals surface area contributed by atoms with Crippen molar-refractivity contribution < 1.29 is 4.79 Å². The molecule has 4 bridgehead atoms. The second-order valence-corrected chi connectivity index (χ2v) is 10.9. The number of hydrogen-bond acceptors (Lipinski definition) is 1. The van der Waals surface area contributed by atoms with Crippen LogP contribution in [0.2, 0.25) is 0 Å². The molecule has 5 saturated carbocycles. The first-order valence-electron chi connectivity index (χ1n) is 12.1. The van der Waals surface area contributed by atoms with Crippen molar-refractivity contribution in [3.05, 3.63) is 65.7 Å². The summed E-state index contributed by atoms with van der Waals surface area (Å²) in [5.74, 6) is 3.06. The lowest BCUT2D eigenvalue weighted by atomic mass is 9.48. The van der Waals surface area contributed by atoms with E-state index in [1.54, 1.807) is 0 Å². The maximum absolute atomic E-state index is 13.4. The van der Waals surface area contributed by atoms with Crippen LogP contribution < -0.4 is 5.32 Å². The van der Waals surface area contributed by atoms with Crippen molar-refractivity contribution in [1.82, 2.24) is 0 Å². The Morgan fingerprint density at radius 2 is 1.30 bits per heavy atom. The van der Waals surface area contributed by atoms with Crippen molar-refractivity contribution >= 4 is 11.6 Å². The smallest absolute Gasteiger partial charge is 0.235 e. The third-order valence-electron chi connectivity index (χ3n) is 9.01. The molecule has 30 heavy (non-hydrogen) atoms. The highest BCUT2D eigenvalue weighted by molar-refractivity contribution is 5.99. The first-order valence-corrected chi connectivity index (χ1v) is 12.1. The van der Waals surface area contributed by atoms with E-state index in [1.165, 1.54) is 49.7 Å². The summed E-state index contributed by atoms with van der Waals surface area (Å²) >= 11 is 0. The predicted octanol–water partition coefficient (Wildman–Crippen LogP) is 6.60. The Balaban J connectivity index is 1.23. The highest BCUT2D eigenvalue weighted by Crippen LogP contribution is 2.60. The van der Waals surface area contributed by atoms with Crippen molar-refractivity contribution in [3.8, 4) is 0 Å². The third kappa shape index (κ3) is 2.94. The zero-order valence-corrected chi connectivity index (χ0v) is 17.9. The molecule has 2 heteroatoms. The lowest BCUT2D eigenvalue weighted by Crippen LogP contribution is -2.48. The first-order chi connectivity index (χ1) is 14.7. The number of carbonyl (C=O) groups is 1. The van der Waals surface area contributed by atoms with Crippen LogP contribution in [0.5, 0.6) is 0 Å². The van der Waals surface area contributed by atoms with Gasteiger partial charge in [-0.05, 0) is 97.8 Å². The van der Waals surface area contributed by atoms with Gasteiger partial charge in [0, 0.05) is 5.69 Å². The van der Waals surface area contributed by atoms with Crippen LogP contribution in [0.4, 0.5) is 5.69 Å². The van der Waals surface area contributed by atoms with Gasteiger partial charge in [-0.25, -0.2) is 0 Å². The highest BCUT2D eigenvalue weighted by atomic mass is 16.2. The second kappa shape index (κ2) is 6.97. The molecule has 0 aliphatic heterocycles. The third-order valence-corrected chi connectivity index (χ3v) is 9.01. The van der Waals surface area contributed by atoms with Crippen molar-refractivity contribution in [2.75, 3.05) is 5.32 Å². The summed E-state index contributed by atoms with van der Waals surface area (Å²) in [7, 11) is 0. The molecule has 1 N–H and O–H groups in total. The summed E-state index contributed by atoms with van der Waals surface area (Å²) < 4.78 is 0. The van der Waals surface area contributed by atoms with Crippen LogP contribution in [0.1, 0.15) is 75.3 Å². The van der Waals surface area contributed by atoms with Gasteiger partial charge in [-0.15, -0.1) is 0 Å². The number of anilines is 1. The molecular weight excluding hydrogens is 366 g/mol. The number of amides is 1. The van der Waals surface area contributed by atoms with E-state index < -0.39 is 0 Å². The van der Waals surface area contributed by atoms with Gasteiger partial charge in [0.05, 0.1) is 5.41 Å². The largest absolute Gasteiger partial charge is 0.325 e. The normalized spacial score (nSPS) is 33.5. The molecule has 0 heterocycles. The van der Waals surface area contributed by atoms with Gasteiger partial charge >= 0.3 is 0 Å². The van der Waals surface area contributed by atoms with Crippen LogP contribution >= 0.6 is 0 Å². The summed E-state index contributed by atoms with van der Waals surface area (Å²) in [6, 6.07) is 19.4. The van der Waals surface area contributed by atoms with E-state index >= 15 is 0 Å². The Bertz CT molecular complexity index is 888. The zero-order chi connectivity index (χ0) is 20.2. The Kier molecular flexibility index (Phi) is 4.34. The fourth-order valence-electron chi connectivity index (χ4n) is 8.00. The molecule has 1 amide bonds. The summed E-state index contributed by atoms with van der Waals surface area (Å²) in [4.78, 5) is 13.4. The van der Waals surface area contributed by atoms with Gasteiger partial charge < -0.3 is 5.32 Å². The zero-order valence-electron chi connectivity index (χ0n) is 17.9. The minimum Gasteiger partial charge on any atom is -0.325 e. The minimum absolute atomic E-state index is 0.175. The molecule has 5 aliphatic carbocycles. The first kappa shape index (κ1) is 18.7. The maximum Gasteiger partial charge on any atom is 0.235 e. The fraction of sp³-hybridized carbons (Fsp3) is 0.536. The van der Waals surface area contributed by atoms with Gasteiger partial charge in [0.25, 0.3) is 0 Å². The van der Waals surface area contributed by atoms with E-state index in [-0.39, 0.29) is 11.3 Å². The summed E-state index contributed by atoms with van der Waals surface area (Å²) in [5, 5.41) is 3.29. The van der Waals surface area contributed by atoms with Gasteiger partial charge in [0.15, 0.2) is 0 Å². The Labute approximate surface area is 180 Å². The molecule has 2 aromatic carbocycles. The van der Waals surface area contributed by atoms with Crippen LogP contribution in [-0.4, -0.2) is 5.91 Å². The van der Waals surface area contributed by atoms with Gasteiger partial charge in [-0.3, -0.25) is 4.79 Å². The van der Waals surface area contributed by atoms with Gasteiger partial charge in [0.1, 0.15) is 0 Å². The molecule has 156 valence electrons. The molecule has 0 unspecified atom stereocenters. The molecule has 0 spiro atoms. The Hall–Kier alpha value is -2.09. The summed E-state index contributed by atoms with van der Waals surface area (Å²) in [6.07, 6.45) is 12.8. The molecule has 2 aromatic rings. The molecule has 0 atom stereocenters. The Morgan fingerprint density at radius 1 is 0.733 bits per heavy atom. The lowest BCUT2D eigenvalue weighted by molar-refractivity contribution is -0.121. The number of nitrogens with one attached hydrogen (secondary N) is 1. The summed E-state index contributed by atoms with van der Waals surface area (Å²) in [5.41, 5.74) is 3.72. The topological polar surface area (TPSA) is 29.1 Å². The molecule has 7 rings (SSSR count). The van der Waals surface area contributed by atoms with E-state index in [2.05, 4.69) is 53.8 Å². The number of carbonyl (C=O) groups excluding carboxylic acids is 1. The second-order valence-electron chi connectivity index (χ2n) is 10.9. The molecular formula is C28H33NO. The number of hydrogen-bond donors (Lipinski definition) is 1. The fourth-order valence-corrected chi connectivity index (χ4v) is 8.00. The molecule has 0 radical (unpaired) electrons. The van der Waals surface area contributed by atoms with E-state index in [9.17, 15) is 4.79 Å². The SMILES string of the molecule is O=C(Nc1ccc(C23CC4CC(CC(C4)C2)C3)cc1)C1(c2ccccc2)CCCC1. The van der Waals surface area contributed by atoms with Gasteiger partial charge in [0.2, 0.25) is 5.91 Å². The average molecular weight is 400 g/mol. The van der Waals surface area contributed by atoms with Crippen LogP contribution in [0.15, 0.2) is 54.6 Å².